The second-order valence-electron chi connectivity index (χ2n) is 19.4. The highest BCUT2D eigenvalue weighted by atomic mass is 16.5. The van der Waals surface area contributed by atoms with Gasteiger partial charge in [0.2, 0.25) is 11.8 Å². The molecule has 4 aromatic heterocycles. The smallest absolute Gasteiger partial charge is 0.264 e. The van der Waals surface area contributed by atoms with Crippen molar-refractivity contribution in [2.75, 3.05) is 50.2 Å². The van der Waals surface area contributed by atoms with Crippen LogP contribution in [0, 0.1) is 6.92 Å². The molecule has 0 radical (unpaired) electrons. The number of imide groups is 2. The summed E-state index contributed by atoms with van der Waals surface area (Å²) in [7, 11) is 0. The lowest BCUT2D eigenvalue weighted by Crippen LogP contribution is -2.54. The highest BCUT2D eigenvalue weighted by Crippen LogP contribution is 2.37. The summed E-state index contributed by atoms with van der Waals surface area (Å²) < 4.78 is 19.7. The first-order valence-electron chi connectivity index (χ1n) is 26.5. The van der Waals surface area contributed by atoms with Crippen LogP contribution in [0.25, 0.3) is 45.8 Å². The van der Waals surface area contributed by atoms with Gasteiger partial charge in [-0.05, 0) is 117 Å². The number of fused-ring (bicyclic) bond motifs is 2. The van der Waals surface area contributed by atoms with Crippen LogP contribution in [-0.4, -0.2) is 104 Å². The molecule has 1 atom stereocenters. The lowest BCUT2D eigenvalue weighted by atomic mass is 9.90. The van der Waals surface area contributed by atoms with E-state index in [4.69, 9.17) is 24.2 Å². The predicted molar refractivity (Wildman–Crippen MR) is 294 cm³/mol. The van der Waals surface area contributed by atoms with Crippen molar-refractivity contribution < 1.29 is 33.4 Å². The number of carbonyl (C=O) groups is 4. The van der Waals surface area contributed by atoms with Crippen molar-refractivity contribution in [2.45, 2.75) is 84.4 Å². The zero-order valence-corrected chi connectivity index (χ0v) is 43.4. The van der Waals surface area contributed by atoms with Crippen molar-refractivity contribution in [3.63, 3.8) is 0 Å². The van der Waals surface area contributed by atoms with Crippen molar-refractivity contribution >= 4 is 47.2 Å². The molecule has 3 N–H and O–H groups in total. The van der Waals surface area contributed by atoms with Crippen LogP contribution in [0.1, 0.15) is 99.7 Å². The molecule has 10 rings (SSSR count). The summed E-state index contributed by atoms with van der Waals surface area (Å²) in [5.74, 6) is -1.41. The number of aromatic nitrogens is 6. The van der Waals surface area contributed by atoms with Crippen LogP contribution in [0.3, 0.4) is 0 Å². The summed E-state index contributed by atoms with van der Waals surface area (Å²) in [5, 5.41) is 17.5. The predicted octanol–water partition coefficient (Wildman–Crippen LogP) is 9.16. The molecule has 17 nitrogen and oxygen atoms in total. The molecule has 1 unspecified atom stereocenters. The number of carbonyl (C=O) groups excluding carboxylic acids is 4. The Hall–Kier alpha value is -8.41. The topological polar surface area (TPSA) is 205 Å². The fourth-order valence-corrected chi connectivity index (χ4v) is 10.0. The van der Waals surface area contributed by atoms with Crippen molar-refractivity contribution in [1.29, 1.82) is 0 Å². The van der Waals surface area contributed by atoms with E-state index in [0.29, 0.717) is 57.4 Å². The number of pyridine rings is 3. The third kappa shape index (κ3) is 12.3. The zero-order valence-electron chi connectivity index (χ0n) is 43.4. The third-order valence-corrected chi connectivity index (χ3v) is 13.9. The van der Waals surface area contributed by atoms with E-state index in [-0.39, 0.29) is 30.6 Å². The molecule has 394 valence electrons. The molecule has 2 aliphatic heterocycles. The average molecular weight is 1040 g/mol. The highest BCUT2D eigenvalue weighted by molar-refractivity contribution is 6.25. The van der Waals surface area contributed by atoms with Gasteiger partial charge in [-0.1, -0.05) is 54.6 Å². The van der Waals surface area contributed by atoms with Crippen LogP contribution >= 0.6 is 0 Å². The molecule has 3 aliphatic rings. The van der Waals surface area contributed by atoms with Crippen LogP contribution < -0.4 is 20.7 Å². The summed E-state index contributed by atoms with van der Waals surface area (Å²) in [6.45, 7) is 7.76. The van der Waals surface area contributed by atoms with Gasteiger partial charge in [0, 0.05) is 96.1 Å². The van der Waals surface area contributed by atoms with Crippen molar-refractivity contribution in [3.05, 3.63) is 154 Å². The van der Waals surface area contributed by atoms with Crippen molar-refractivity contribution in [2.24, 2.45) is 0 Å². The van der Waals surface area contributed by atoms with E-state index >= 15 is 0 Å². The summed E-state index contributed by atoms with van der Waals surface area (Å²) in [5.41, 5.74) is 14.2. The second-order valence-corrected chi connectivity index (χ2v) is 19.4. The number of nitrogens with zero attached hydrogens (tertiary/aromatic N) is 7. The van der Waals surface area contributed by atoms with Gasteiger partial charge in [0.1, 0.15) is 17.5 Å². The monoisotopic (exact) mass is 1030 g/mol. The summed E-state index contributed by atoms with van der Waals surface area (Å²) in [4.78, 5) is 65.9. The molecule has 77 heavy (non-hydrogen) atoms. The van der Waals surface area contributed by atoms with E-state index in [0.717, 1.165) is 86.8 Å². The molecule has 0 saturated carbocycles. The molecular formula is C60H62N10O7. The van der Waals surface area contributed by atoms with Gasteiger partial charge >= 0.3 is 0 Å². The Morgan fingerprint density at radius 1 is 0.753 bits per heavy atom. The van der Waals surface area contributed by atoms with Crippen LogP contribution in [0.4, 0.5) is 11.4 Å². The van der Waals surface area contributed by atoms with Crippen molar-refractivity contribution in [1.82, 2.24) is 40.2 Å². The number of benzene rings is 3. The standard InChI is InChI=1S/C60H62N10O7/c1-3-26-77-53-33-47(18-19-49(53)56-39(2)30-46(36-64-56)57-43(32-45(35-65-57)44-11-7-22-61-34-44)17-15-40-14-16-41-9-4-5-10-42(41)31-40)62-23-8-25-69-37-48(67-68-69)38-76-29-28-75-27-24-63-51-13-6-12-50-55(51)60(74)70(59(50)73)52-20-21-54(71)66-58(52)72/h6-7,11-19,22,30-37,52,62-63H,3-5,8-10,20-21,23-29,38H2,1-2H3,(H,66,71,72)/b17-15+. The Kier molecular flexibility index (Phi) is 16.6. The van der Waals surface area contributed by atoms with Crippen LogP contribution in [0.15, 0.2) is 110 Å². The SMILES string of the molecule is CCCOc1cc(NCCCn2cc(COCCOCCNc3cccc4c3C(=O)N(C3CCC(=O)NC3=O)C4=O)nn2)ccc1-c1ncc(-c2ncc(-c3cccnc3)cc2/C=C/c2ccc3c(c2)CCCC3)cc1C. The number of hydrogen-bond donors (Lipinski definition) is 3. The normalized spacial score (nSPS) is 15.2. The Morgan fingerprint density at radius 3 is 2.45 bits per heavy atom. The fraction of sp³-hybridized carbons (Fsp3) is 0.317. The van der Waals surface area contributed by atoms with E-state index in [1.54, 1.807) is 29.1 Å². The van der Waals surface area contributed by atoms with Gasteiger partial charge in [-0.3, -0.25) is 49.0 Å². The number of ether oxygens (including phenoxy) is 3. The maximum absolute atomic E-state index is 13.3. The van der Waals surface area contributed by atoms with Crippen molar-refractivity contribution in [3.8, 4) is 39.4 Å². The first kappa shape index (κ1) is 52.0. The molecule has 0 spiro atoms. The minimum absolute atomic E-state index is 0.0582. The Labute approximate surface area is 447 Å². The first-order valence-corrected chi connectivity index (χ1v) is 26.5. The summed E-state index contributed by atoms with van der Waals surface area (Å²) in [6.07, 6.45) is 20.3. The van der Waals surface area contributed by atoms with E-state index < -0.39 is 29.7 Å². The highest BCUT2D eigenvalue weighted by Gasteiger charge is 2.45. The first-order chi connectivity index (χ1) is 37.7. The number of nitrogens with one attached hydrogen (secondary N) is 3. The summed E-state index contributed by atoms with van der Waals surface area (Å²) in [6, 6.07) is 25.3. The Bertz CT molecular complexity index is 3320. The second kappa shape index (κ2) is 24.5. The average Bonchev–Trinajstić information content (AvgIpc) is 4.14. The molecular weight excluding hydrogens is 973 g/mol. The molecule has 6 heterocycles. The fourth-order valence-electron chi connectivity index (χ4n) is 10.0. The molecule has 1 aliphatic carbocycles. The molecule has 7 aromatic rings. The van der Waals surface area contributed by atoms with Crippen LogP contribution in [0.5, 0.6) is 5.75 Å². The quantitative estimate of drug-likeness (QED) is 0.0404. The minimum atomic E-state index is -1.03. The minimum Gasteiger partial charge on any atom is -0.493 e. The molecule has 17 heteroatoms. The maximum atomic E-state index is 13.3. The van der Waals surface area contributed by atoms with Gasteiger partial charge in [-0.25, -0.2) is 0 Å². The third-order valence-electron chi connectivity index (χ3n) is 13.9. The number of aryl methyl sites for hydroxylation is 4. The van der Waals surface area contributed by atoms with Gasteiger partial charge in [0.05, 0.1) is 61.7 Å². The van der Waals surface area contributed by atoms with Crippen LogP contribution in [-0.2, 0) is 45.1 Å². The van der Waals surface area contributed by atoms with E-state index in [1.165, 1.54) is 29.5 Å². The zero-order chi connectivity index (χ0) is 53.1. The number of anilines is 2. The van der Waals surface area contributed by atoms with Crippen LogP contribution in [0.2, 0.25) is 0 Å². The van der Waals surface area contributed by atoms with E-state index in [2.05, 4.69) is 106 Å². The lowest BCUT2D eigenvalue weighted by molar-refractivity contribution is -0.136. The largest absolute Gasteiger partial charge is 0.493 e. The number of hydrogen-bond acceptors (Lipinski definition) is 14. The number of rotatable bonds is 23. The number of piperidine rings is 1. The summed E-state index contributed by atoms with van der Waals surface area (Å²) >= 11 is 0. The van der Waals surface area contributed by atoms with Gasteiger partial charge in [-0.15, -0.1) is 5.10 Å². The molecule has 1 saturated heterocycles. The molecule has 1 fully saturated rings. The molecule has 3 aromatic carbocycles. The van der Waals surface area contributed by atoms with E-state index in [9.17, 15) is 19.2 Å². The molecule has 4 amide bonds. The van der Waals surface area contributed by atoms with Gasteiger partial charge in [-0.2, -0.15) is 0 Å². The van der Waals surface area contributed by atoms with E-state index in [1.807, 2.05) is 36.9 Å². The maximum Gasteiger partial charge on any atom is 0.264 e. The van der Waals surface area contributed by atoms with Gasteiger partial charge in [0.15, 0.2) is 0 Å². The van der Waals surface area contributed by atoms with Gasteiger partial charge < -0.3 is 24.8 Å². The number of amides is 4. The van der Waals surface area contributed by atoms with Gasteiger partial charge in [0.25, 0.3) is 11.8 Å². The Balaban J connectivity index is 0.690. The Morgan fingerprint density at radius 2 is 1.61 bits per heavy atom. The lowest BCUT2D eigenvalue weighted by Gasteiger charge is -2.27. The molecule has 0 bridgehead atoms.